The molecule has 1 aromatic rings. The Hall–Kier alpha value is -6.16. The number of nitrogens with zero attached hydrogens (tertiary/aromatic N) is 1. The van der Waals surface area contributed by atoms with Gasteiger partial charge in [0.05, 0.1) is 12.6 Å². The van der Waals surface area contributed by atoms with Crippen LogP contribution < -0.4 is 48.7 Å². The second-order valence-corrected chi connectivity index (χ2v) is 18.9. The molecule has 1 aliphatic heterocycles. The van der Waals surface area contributed by atoms with Gasteiger partial charge < -0.3 is 63.8 Å². The number of carboxylic acid groups (broad SMARTS) is 2. The van der Waals surface area contributed by atoms with Crippen molar-refractivity contribution in [3.63, 3.8) is 0 Å². The predicted molar refractivity (Wildman–Crippen MR) is 259 cm³/mol. The Kier molecular flexibility index (Phi) is 26.1. The number of nitrogens with one attached hydrogen (secondary N) is 7. The quantitative estimate of drug-likeness (QED) is 0.0430. The highest BCUT2D eigenvalue weighted by atomic mass is 16.4. The lowest BCUT2D eigenvalue weighted by Crippen LogP contribution is -2.60. The van der Waals surface area contributed by atoms with Gasteiger partial charge in [0.25, 0.3) is 0 Å². The lowest BCUT2D eigenvalue weighted by Gasteiger charge is -2.30. The second-order valence-electron chi connectivity index (χ2n) is 18.9. The van der Waals surface area contributed by atoms with E-state index < -0.39 is 121 Å². The number of rotatable bonds is 31. The third-order valence-electron chi connectivity index (χ3n) is 12.0. The summed E-state index contributed by atoms with van der Waals surface area (Å²) in [5.41, 5.74) is 12.6. The summed E-state index contributed by atoms with van der Waals surface area (Å²) in [5.74, 6) is -8.70. The molecule has 1 saturated heterocycles. The first kappa shape index (κ1) is 60.0. The number of carbonyl (C=O) groups excluding carboxylic acids is 8. The Morgan fingerprint density at radius 2 is 1.24 bits per heavy atom. The Labute approximate surface area is 410 Å². The molecule has 1 heterocycles. The molecule has 13 N–H and O–H groups in total. The molecular formula is C48H78N10O12. The minimum atomic E-state index is -1.49. The van der Waals surface area contributed by atoms with Crippen LogP contribution in [0.15, 0.2) is 30.3 Å². The topological polar surface area (TPSA) is 351 Å². The number of nitrogens with two attached hydrogens (primary N) is 2. The number of unbranched alkanes of at least 4 members (excludes halogenated alkanes) is 1. The van der Waals surface area contributed by atoms with E-state index in [4.69, 9.17) is 11.5 Å². The van der Waals surface area contributed by atoms with Crippen molar-refractivity contribution in [1.82, 2.24) is 42.1 Å². The molecule has 22 heteroatoms. The van der Waals surface area contributed by atoms with E-state index in [9.17, 15) is 58.2 Å². The number of hydrogen-bond acceptors (Lipinski definition) is 12. The van der Waals surface area contributed by atoms with Gasteiger partial charge in [-0.25, -0.2) is 4.79 Å². The van der Waals surface area contributed by atoms with Gasteiger partial charge in [-0.3, -0.25) is 43.2 Å². The maximum atomic E-state index is 14.3. The Balaban J connectivity index is 2.33. The molecule has 1 aliphatic rings. The molecule has 9 atom stereocenters. The van der Waals surface area contributed by atoms with Crippen LogP contribution in [0.25, 0.3) is 0 Å². The highest BCUT2D eigenvalue weighted by Gasteiger charge is 2.39. The van der Waals surface area contributed by atoms with Crippen LogP contribution in [0.1, 0.15) is 118 Å². The molecule has 0 aliphatic carbocycles. The van der Waals surface area contributed by atoms with Gasteiger partial charge in [0.1, 0.15) is 42.3 Å². The van der Waals surface area contributed by atoms with Crippen molar-refractivity contribution in [2.45, 2.75) is 167 Å². The number of hydrogen-bond donors (Lipinski definition) is 11. The first-order chi connectivity index (χ1) is 33.0. The number of likely N-dealkylation sites (tertiary alicyclic amines) is 1. The standard InChI is InChI=1S/C48H78N10O12/c1-8-29(6)40(50)47(68)58-22-14-18-37(58)46(67)52-30(7)41(62)54-32(17-12-13-21-49)43(64)57-35(25-31-15-10-9-11-16-31)45(66)56-34(23-27(2)3)44(65)55-33(19-20-39(60)61)42(63)51-26-38(59)53-36(48(69)70)24-28(4)5/h9-11,15-16,27-30,32-37,40H,8,12-14,17-26,49-50H2,1-7H3,(H,51,63)(H,52,67)(H,53,59)(H,54,62)(H,55,65)(H,56,66)(H,57,64)(H,60,61)(H,69,70)/t29-,30-,32-,33-,34-,35-,36-,37-,40-/m0/s1. The first-order valence-electron chi connectivity index (χ1n) is 24.3. The molecule has 1 aromatic carbocycles. The van der Waals surface area contributed by atoms with Crippen molar-refractivity contribution >= 4 is 59.2 Å². The number of amides is 8. The van der Waals surface area contributed by atoms with Crippen LogP contribution in [-0.4, -0.2) is 142 Å². The largest absolute Gasteiger partial charge is 0.481 e. The lowest BCUT2D eigenvalue weighted by atomic mass is 9.98. The van der Waals surface area contributed by atoms with Crippen molar-refractivity contribution in [3.05, 3.63) is 35.9 Å². The molecule has 0 radical (unpaired) electrons. The van der Waals surface area contributed by atoms with E-state index in [0.717, 1.165) is 0 Å². The highest BCUT2D eigenvalue weighted by Crippen LogP contribution is 2.21. The molecule has 0 spiro atoms. The number of carbonyl (C=O) groups is 10. The van der Waals surface area contributed by atoms with Crippen LogP contribution in [-0.2, 0) is 54.4 Å². The maximum absolute atomic E-state index is 14.3. The lowest BCUT2D eigenvalue weighted by molar-refractivity contribution is -0.142. The normalized spacial score (nSPS) is 16.8. The fourth-order valence-electron chi connectivity index (χ4n) is 7.77. The van der Waals surface area contributed by atoms with Crippen LogP contribution in [0.5, 0.6) is 0 Å². The molecular weight excluding hydrogens is 909 g/mol. The van der Waals surface area contributed by atoms with Crippen molar-refractivity contribution < 1.29 is 58.2 Å². The fourth-order valence-corrected chi connectivity index (χ4v) is 7.77. The first-order valence-corrected chi connectivity index (χ1v) is 24.3. The average molecular weight is 987 g/mol. The van der Waals surface area contributed by atoms with Gasteiger partial charge in [0.2, 0.25) is 47.3 Å². The summed E-state index contributed by atoms with van der Waals surface area (Å²) in [5, 5.41) is 36.8. The van der Waals surface area contributed by atoms with Gasteiger partial charge in [0, 0.05) is 19.4 Å². The zero-order chi connectivity index (χ0) is 52.7. The van der Waals surface area contributed by atoms with Crippen LogP contribution in [0.3, 0.4) is 0 Å². The molecule has 1 fully saturated rings. The number of carboxylic acids is 2. The molecule has 70 heavy (non-hydrogen) atoms. The summed E-state index contributed by atoms with van der Waals surface area (Å²) < 4.78 is 0. The predicted octanol–water partition coefficient (Wildman–Crippen LogP) is -0.191. The van der Waals surface area contributed by atoms with Crippen molar-refractivity contribution in [2.24, 2.45) is 29.2 Å². The van der Waals surface area contributed by atoms with E-state index in [1.54, 1.807) is 58.0 Å². The van der Waals surface area contributed by atoms with E-state index in [1.807, 2.05) is 13.8 Å². The Morgan fingerprint density at radius 1 is 0.686 bits per heavy atom. The van der Waals surface area contributed by atoms with Crippen LogP contribution >= 0.6 is 0 Å². The summed E-state index contributed by atoms with van der Waals surface area (Å²) in [7, 11) is 0. The van der Waals surface area contributed by atoms with Crippen molar-refractivity contribution in [2.75, 3.05) is 19.6 Å². The van der Waals surface area contributed by atoms with E-state index >= 15 is 0 Å². The van der Waals surface area contributed by atoms with E-state index in [1.165, 1.54) is 11.8 Å². The van der Waals surface area contributed by atoms with Gasteiger partial charge in [-0.15, -0.1) is 0 Å². The minimum Gasteiger partial charge on any atom is -0.481 e. The molecule has 0 unspecified atom stereocenters. The third kappa shape index (κ3) is 20.8. The van der Waals surface area contributed by atoms with Crippen LogP contribution in [0.2, 0.25) is 0 Å². The summed E-state index contributed by atoms with van der Waals surface area (Å²) in [4.78, 5) is 133. The average Bonchev–Trinajstić information content (AvgIpc) is 3.80. The maximum Gasteiger partial charge on any atom is 0.326 e. The van der Waals surface area contributed by atoms with Gasteiger partial charge in [-0.1, -0.05) is 78.3 Å². The summed E-state index contributed by atoms with van der Waals surface area (Å²) in [6.45, 7) is 12.3. The van der Waals surface area contributed by atoms with Gasteiger partial charge in [-0.05, 0) is 88.2 Å². The van der Waals surface area contributed by atoms with E-state index in [2.05, 4.69) is 37.2 Å². The SMILES string of the molecule is CC[C@H](C)[C@H](N)C(=O)N1CCC[C@H]1C(=O)N[C@@H](C)C(=O)N[C@@H](CCCCN)C(=O)N[C@@H](Cc1ccccc1)C(=O)N[C@@H](CC(C)C)C(=O)N[C@@H](CCC(=O)O)C(=O)NCC(=O)N[C@@H](CC(C)C)C(=O)O. The smallest absolute Gasteiger partial charge is 0.326 e. The van der Waals surface area contributed by atoms with Crippen molar-refractivity contribution in [3.8, 4) is 0 Å². The van der Waals surface area contributed by atoms with Gasteiger partial charge >= 0.3 is 11.9 Å². The van der Waals surface area contributed by atoms with Crippen molar-refractivity contribution in [1.29, 1.82) is 0 Å². The summed E-state index contributed by atoms with van der Waals surface area (Å²) >= 11 is 0. The van der Waals surface area contributed by atoms with Gasteiger partial charge in [-0.2, -0.15) is 0 Å². The fraction of sp³-hybridized carbons (Fsp3) is 0.667. The second kappa shape index (κ2) is 30.4. The molecule has 0 aromatic heterocycles. The molecule has 22 nitrogen and oxygen atoms in total. The zero-order valence-electron chi connectivity index (χ0n) is 41.7. The minimum absolute atomic E-state index is 0.0322. The molecule has 392 valence electrons. The molecule has 0 bridgehead atoms. The van der Waals surface area contributed by atoms with Crippen LogP contribution in [0, 0.1) is 17.8 Å². The summed E-state index contributed by atoms with van der Waals surface area (Å²) in [6, 6.07) is -0.661. The van der Waals surface area contributed by atoms with E-state index in [0.29, 0.717) is 50.8 Å². The molecule has 0 saturated carbocycles. The van der Waals surface area contributed by atoms with E-state index in [-0.39, 0.29) is 49.3 Å². The molecule has 8 amide bonds. The Morgan fingerprint density at radius 3 is 1.83 bits per heavy atom. The third-order valence-corrected chi connectivity index (χ3v) is 12.0. The Bertz CT molecular complexity index is 1940. The number of aliphatic carboxylic acids is 2. The number of benzene rings is 1. The van der Waals surface area contributed by atoms with Gasteiger partial charge in [0.15, 0.2) is 0 Å². The molecule has 2 rings (SSSR count). The zero-order valence-corrected chi connectivity index (χ0v) is 41.7. The highest BCUT2D eigenvalue weighted by molar-refractivity contribution is 5.98. The monoisotopic (exact) mass is 987 g/mol. The summed E-state index contributed by atoms with van der Waals surface area (Å²) in [6.07, 6.45) is 1.76. The van der Waals surface area contributed by atoms with Crippen LogP contribution in [0.4, 0.5) is 0 Å².